The standard InChI is InChI=1S/C15H13F2N3/c1-9(2)15-19-14-11(17)7-10(16)8-12(14)20(15)13-5-3-4-6-18-13/h3-9H,1-2H3. The Hall–Kier alpha value is -2.30. The lowest BCUT2D eigenvalue weighted by Gasteiger charge is -2.10. The molecule has 0 spiro atoms. The largest absolute Gasteiger partial charge is 0.280 e. The van der Waals surface area contributed by atoms with Crippen LogP contribution >= 0.6 is 0 Å². The number of imidazole rings is 1. The zero-order valence-corrected chi connectivity index (χ0v) is 11.1. The lowest BCUT2D eigenvalue weighted by molar-refractivity contribution is 0.590. The minimum absolute atomic E-state index is 0.0619. The molecule has 0 aliphatic heterocycles. The second-order valence-corrected chi connectivity index (χ2v) is 4.90. The van der Waals surface area contributed by atoms with Gasteiger partial charge in [-0.2, -0.15) is 0 Å². The Morgan fingerprint density at radius 3 is 2.60 bits per heavy atom. The molecule has 3 nitrogen and oxygen atoms in total. The van der Waals surface area contributed by atoms with E-state index in [1.54, 1.807) is 22.9 Å². The molecule has 0 unspecified atom stereocenters. The van der Waals surface area contributed by atoms with Crippen molar-refractivity contribution in [1.82, 2.24) is 14.5 Å². The van der Waals surface area contributed by atoms with E-state index in [2.05, 4.69) is 9.97 Å². The Kier molecular flexibility index (Phi) is 2.97. The molecule has 0 fully saturated rings. The Labute approximate surface area is 114 Å². The minimum atomic E-state index is -0.656. The molecule has 3 rings (SSSR count). The number of halogens is 2. The second-order valence-electron chi connectivity index (χ2n) is 4.90. The fourth-order valence-electron chi connectivity index (χ4n) is 2.24. The molecule has 102 valence electrons. The fraction of sp³-hybridized carbons (Fsp3) is 0.200. The summed E-state index contributed by atoms with van der Waals surface area (Å²) in [4.78, 5) is 8.56. The van der Waals surface area contributed by atoms with Crippen molar-refractivity contribution in [3.63, 3.8) is 0 Å². The Morgan fingerprint density at radius 1 is 1.15 bits per heavy atom. The van der Waals surface area contributed by atoms with E-state index < -0.39 is 11.6 Å². The van der Waals surface area contributed by atoms with Gasteiger partial charge in [0.15, 0.2) is 5.82 Å². The summed E-state index contributed by atoms with van der Waals surface area (Å²) >= 11 is 0. The number of hydrogen-bond donors (Lipinski definition) is 0. The van der Waals surface area contributed by atoms with Crippen molar-refractivity contribution >= 4 is 11.0 Å². The summed E-state index contributed by atoms with van der Waals surface area (Å²) in [5, 5.41) is 0. The zero-order chi connectivity index (χ0) is 14.3. The van der Waals surface area contributed by atoms with Crippen LogP contribution in [0.25, 0.3) is 16.9 Å². The summed E-state index contributed by atoms with van der Waals surface area (Å²) in [5.41, 5.74) is 0.561. The monoisotopic (exact) mass is 273 g/mol. The molecule has 0 aliphatic carbocycles. The highest BCUT2D eigenvalue weighted by Crippen LogP contribution is 2.27. The lowest BCUT2D eigenvalue weighted by Crippen LogP contribution is -2.04. The van der Waals surface area contributed by atoms with Crippen molar-refractivity contribution in [2.75, 3.05) is 0 Å². The first-order chi connectivity index (χ1) is 9.58. The van der Waals surface area contributed by atoms with Crippen LogP contribution in [0.4, 0.5) is 8.78 Å². The van der Waals surface area contributed by atoms with Crippen molar-refractivity contribution in [2.24, 2.45) is 0 Å². The SMILES string of the molecule is CC(C)c1nc2c(F)cc(F)cc2n1-c1ccccn1. The third-order valence-corrected chi connectivity index (χ3v) is 3.10. The Bertz CT molecular complexity index is 764. The zero-order valence-electron chi connectivity index (χ0n) is 11.1. The van der Waals surface area contributed by atoms with Gasteiger partial charge in [-0.25, -0.2) is 18.7 Å². The first kappa shape index (κ1) is 12.7. The van der Waals surface area contributed by atoms with E-state index in [-0.39, 0.29) is 11.4 Å². The number of benzene rings is 1. The van der Waals surface area contributed by atoms with Gasteiger partial charge in [-0.3, -0.25) is 4.57 Å². The molecule has 0 bridgehead atoms. The summed E-state index contributed by atoms with van der Waals surface area (Å²) in [6, 6.07) is 7.54. The molecule has 0 aliphatic rings. The van der Waals surface area contributed by atoms with Crippen molar-refractivity contribution in [2.45, 2.75) is 19.8 Å². The van der Waals surface area contributed by atoms with Gasteiger partial charge in [0.05, 0.1) is 5.52 Å². The smallest absolute Gasteiger partial charge is 0.153 e. The van der Waals surface area contributed by atoms with Gasteiger partial charge < -0.3 is 0 Å². The maximum atomic E-state index is 13.9. The molecule has 2 heterocycles. The van der Waals surface area contributed by atoms with E-state index in [0.717, 1.165) is 6.07 Å². The Morgan fingerprint density at radius 2 is 1.95 bits per heavy atom. The number of nitrogens with zero attached hydrogens (tertiary/aromatic N) is 3. The molecule has 2 aromatic heterocycles. The molecule has 5 heteroatoms. The third-order valence-electron chi connectivity index (χ3n) is 3.10. The number of aromatic nitrogens is 3. The summed E-state index contributed by atoms with van der Waals surface area (Å²) in [5.74, 6) is 0.0396. The number of pyridine rings is 1. The van der Waals surface area contributed by atoms with E-state index in [1.807, 2.05) is 19.9 Å². The van der Waals surface area contributed by atoms with Crippen LogP contribution in [0, 0.1) is 11.6 Å². The molecule has 0 N–H and O–H groups in total. The van der Waals surface area contributed by atoms with E-state index in [0.29, 0.717) is 17.2 Å². The number of hydrogen-bond acceptors (Lipinski definition) is 2. The molecule has 0 amide bonds. The highest BCUT2D eigenvalue weighted by atomic mass is 19.1. The van der Waals surface area contributed by atoms with E-state index in [4.69, 9.17) is 0 Å². The van der Waals surface area contributed by atoms with Gasteiger partial charge >= 0.3 is 0 Å². The van der Waals surface area contributed by atoms with Crippen LogP contribution in [0.2, 0.25) is 0 Å². The molecule has 3 aromatic rings. The van der Waals surface area contributed by atoms with Crippen molar-refractivity contribution in [1.29, 1.82) is 0 Å². The molecule has 0 saturated carbocycles. The van der Waals surface area contributed by atoms with Crippen LogP contribution in [-0.2, 0) is 0 Å². The third kappa shape index (κ3) is 1.95. The predicted octanol–water partition coefficient (Wildman–Crippen LogP) is 3.82. The van der Waals surface area contributed by atoms with E-state index >= 15 is 0 Å². The van der Waals surface area contributed by atoms with Crippen LogP contribution in [0.15, 0.2) is 36.5 Å². The van der Waals surface area contributed by atoms with Gasteiger partial charge in [-0.1, -0.05) is 19.9 Å². The summed E-state index contributed by atoms with van der Waals surface area (Å²) < 4.78 is 29.1. The Balaban J connectivity index is 2.41. The predicted molar refractivity (Wildman–Crippen MR) is 72.9 cm³/mol. The average Bonchev–Trinajstić information content (AvgIpc) is 2.79. The first-order valence-corrected chi connectivity index (χ1v) is 6.36. The van der Waals surface area contributed by atoms with Crippen LogP contribution in [0.5, 0.6) is 0 Å². The highest BCUT2D eigenvalue weighted by molar-refractivity contribution is 5.78. The van der Waals surface area contributed by atoms with E-state index in [1.165, 1.54) is 6.07 Å². The van der Waals surface area contributed by atoms with E-state index in [9.17, 15) is 8.78 Å². The maximum Gasteiger partial charge on any atom is 0.153 e. The van der Waals surface area contributed by atoms with Gasteiger partial charge in [0, 0.05) is 24.2 Å². The topological polar surface area (TPSA) is 30.7 Å². The quantitative estimate of drug-likeness (QED) is 0.710. The normalized spacial score (nSPS) is 11.4. The van der Waals surface area contributed by atoms with Gasteiger partial charge in [0.1, 0.15) is 23.0 Å². The molecule has 20 heavy (non-hydrogen) atoms. The van der Waals surface area contributed by atoms with Gasteiger partial charge in [-0.05, 0) is 12.1 Å². The van der Waals surface area contributed by atoms with Crippen molar-refractivity contribution in [3.05, 3.63) is 54.0 Å². The molecular weight excluding hydrogens is 260 g/mol. The van der Waals surface area contributed by atoms with Crippen LogP contribution in [-0.4, -0.2) is 14.5 Å². The van der Waals surface area contributed by atoms with Crippen LogP contribution in [0.1, 0.15) is 25.6 Å². The highest BCUT2D eigenvalue weighted by Gasteiger charge is 2.19. The molecular formula is C15H13F2N3. The molecule has 0 saturated heterocycles. The van der Waals surface area contributed by atoms with Gasteiger partial charge in [0.2, 0.25) is 0 Å². The summed E-state index contributed by atoms with van der Waals surface area (Å²) in [6.45, 7) is 3.91. The molecule has 1 aromatic carbocycles. The summed E-state index contributed by atoms with van der Waals surface area (Å²) in [6.07, 6.45) is 1.64. The summed E-state index contributed by atoms with van der Waals surface area (Å²) in [7, 11) is 0. The first-order valence-electron chi connectivity index (χ1n) is 6.36. The average molecular weight is 273 g/mol. The van der Waals surface area contributed by atoms with Crippen LogP contribution in [0.3, 0.4) is 0 Å². The molecule has 0 radical (unpaired) electrons. The van der Waals surface area contributed by atoms with Crippen molar-refractivity contribution < 1.29 is 8.78 Å². The maximum absolute atomic E-state index is 13.9. The second kappa shape index (κ2) is 4.67. The van der Waals surface area contributed by atoms with Gasteiger partial charge in [0.25, 0.3) is 0 Å². The van der Waals surface area contributed by atoms with Crippen molar-refractivity contribution in [3.8, 4) is 5.82 Å². The molecule has 0 atom stereocenters. The number of rotatable bonds is 2. The minimum Gasteiger partial charge on any atom is -0.280 e. The van der Waals surface area contributed by atoms with Crippen LogP contribution < -0.4 is 0 Å². The lowest BCUT2D eigenvalue weighted by atomic mass is 10.2. The fourth-order valence-corrected chi connectivity index (χ4v) is 2.24. The van der Waals surface area contributed by atoms with Gasteiger partial charge in [-0.15, -0.1) is 0 Å². The number of fused-ring (bicyclic) bond motifs is 1.